The summed E-state index contributed by atoms with van der Waals surface area (Å²) in [5.74, 6) is -3.72. The Morgan fingerprint density at radius 3 is 2.33 bits per heavy atom. The predicted octanol–water partition coefficient (Wildman–Crippen LogP) is 1.33. The molecule has 1 atom stereocenters. The summed E-state index contributed by atoms with van der Waals surface area (Å²) in [5.41, 5.74) is -0.0294. The number of carbonyl (C=O) groups is 2. The summed E-state index contributed by atoms with van der Waals surface area (Å²) in [6.45, 7) is 1.63. The molecule has 0 saturated carbocycles. The van der Waals surface area contributed by atoms with Gasteiger partial charge in [0.2, 0.25) is 0 Å². The maximum absolute atomic E-state index is 11.5. The maximum atomic E-state index is 11.5. The van der Waals surface area contributed by atoms with Gasteiger partial charge in [-0.05, 0) is 12.5 Å². The summed E-state index contributed by atoms with van der Waals surface area (Å²) in [6, 6.07) is 4.75. The van der Waals surface area contributed by atoms with Gasteiger partial charge in [-0.1, -0.05) is 12.1 Å². The molecule has 0 heterocycles. The molecule has 0 aliphatic heterocycles. The summed E-state index contributed by atoms with van der Waals surface area (Å²) in [5, 5.41) is 19.4. The van der Waals surface area contributed by atoms with Gasteiger partial charge in [-0.25, -0.2) is 0 Å². The first kappa shape index (κ1) is 13.6. The summed E-state index contributed by atoms with van der Waals surface area (Å²) in [7, 11) is 0. The second kappa shape index (κ2) is 5.76. The maximum Gasteiger partial charge on any atom is 0.324 e. The van der Waals surface area contributed by atoms with Gasteiger partial charge < -0.3 is 9.84 Å². The molecule has 18 heavy (non-hydrogen) atoms. The highest BCUT2D eigenvalue weighted by molar-refractivity contribution is 5.99. The number of hydrogen-bond acceptors (Lipinski definition) is 5. The fourth-order valence-corrected chi connectivity index (χ4v) is 1.39. The fraction of sp³-hybridized carbons (Fsp3) is 0.273. The molecular weight excluding hydrogens is 242 g/mol. The monoisotopic (exact) mass is 253 g/mol. The van der Waals surface area contributed by atoms with E-state index in [1.807, 2.05) is 0 Å². The molecule has 0 amide bonds. The fourth-order valence-electron chi connectivity index (χ4n) is 1.39. The number of ether oxygens (including phenoxy) is 1. The lowest BCUT2D eigenvalue weighted by Gasteiger charge is -2.11. The third-order valence-electron chi connectivity index (χ3n) is 2.21. The van der Waals surface area contributed by atoms with E-state index in [0.29, 0.717) is 0 Å². The highest BCUT2D eigenvalue weighted by Gasteiger charge is 2.29. The van der Waals surface area contributed by atoms with E-state index in [4.69, 9.17) is 5.11 Å². The molecule has 7 heteroatoms. The highest BCUT2D eigenvalue weighted by atomic mass is 16.6. The lowest BCUT2D eigenvalue weighted by atomic mass is 9.99. The molecule has 0 spiro atoms. The largest absolute Gasteiger partial charge is 0.480 e. The molecule has 0 bridgehead atoms. The Balaban J connectivity index is 3.03. The standard InChI is InChI=1S/C11H11NO6/c1-2-18-11(15)9(10(13)14)7-3-5-8(6-4-7)12(16)17/h3-6,9H,2H2,1H3,(H,13,14). The van der Waals surface area contributed by atoms with Gasteiger partial charge in [0, 0.05) is 12.1 Å². The number of nitrogens with zero attached hydrogens (tertiary/aromatic N) is 1. The van der Waals surface area contributed by atoms with Crippen LogP contribution < -0.4 is 0 Å². The van der Waals surface area contributed by atoms with Gasteiger partial charge in [0.15, 0.2) is 5.92 Å². The number of nitro benzene ring substituents is 1. The molecule has 96 valence electrons. The van der Waals surface area contributed by atoms with Gasteiger partial charge in [-0.2, -0.15) is 0 Å². The van der Waals surface area contributed by atoms with Gasteiger partial charge in [-0.15, -0.1) is 0 Å². The van der Waals surface area contributed by atoms with Crippen molar-refractivity contribution in [3.05, 3.63) is 39.9 Å². The van der Waals surface area contributed by atoms with Crippen molar-refractivity contribution < 1.29 is 24.4 Å². The molecule has 0 aliphatic carbocycles. The quantitative estimate of drug-likeness (QED) is 0.367. The van der Waals surface area contributed by atoms with Crippen LogP contribution >= 0.6 is 0 Å². The van der Waals surface area contributed by atoms with Crippen molar-refractivity contribution in [2.45, 2.75) is 12.8 Å². The Kier molecular flexibility index (Phi) is 4.36. The van der Waals surface area contributed by atoms with Gasteiger partial charge >= 0.3 is 11.9 Å². The minimum Gasteiger partial charge on any atom is -0.480 e. The molecule has 1 aromatic carbocycles. The van der Waals surface area contributed by atoms with Crippen molar-refractivity contribution in [1.29, 1.82) is 0 Å². The Hall–Kier alpha value is -2.44. The Morgan fingerprint density at radius 1 is 1.39 bits per heavy atom. The van der Waals surface area contributed by atoms with Crippen molar-refractivity contribution in [1.82, 2.24) is 0 Å². The Bertz CT molecular complexity index is 467. The molecule has 7 nitrogen and oxygen atoms in total. The van der Waals surface area contributed by atoms with Crippen LogP contribution in [0.5, 0.6) is 0 Å². The van der Waals surface area contributed by atoms with Crippen LogP contribution in [0.25, 0.3) is 0 Å². The lowest BCUT2D eigenvalue weighted by molar-refractivity contribution is -0.384. The summed E-state index contributed by atoms with van der Waals surface area (Å²) >= 11 is 0. The third-order valence-corrected chi connectivity index (χ3v) is 2.21. The van der Waals surface area contributed by atoms with Crippen molar-refractivity contribution >= 4 is 17.6 Å². The minimum absolute atomic E-state index is 0.0651. The third kappa shape index (κ3) is 3.03. The van der Waals surface area contributed by atoms with E-state index in [0.717, 1.165) is 12.1 Å². The molecule has 0 aromatic heterocycles. The van der Waals surface area contributed by atoms with Crippen LogP contribution in [-0.4, -0.2) is 28.6 Å². The molecular formula is C11H11NO6. The average Bonchev–Trinajstić information content (AvgIpc) is 2.29. The first-order valence-corrected chi connectivity index (χ1v) is 5.11. The molecule has 0 radical (unpaired) electrons. The molecule has 1 rings (SSSR count). The number of nitro groups is 1. The van der Waals surface area contributed by atoms with E-state index in [1.54, 1.807) is 6.92 Å². The summed E-state index contributed by atoms with van der Waals surface area (Å²) in [4.78, 5) is 32.3. The number of aliphatic carboxylic acids is 1. The van der Waals surface area contributed by atoms with Crippen LogP contribution in [0.15, 0.2) is 24.3 Å². The Labute approximate surface area is 102 Å². The number of rotatable bonds is 5. The van der Waals surface area contributed by atoms with Crippen molar-refractivity contribution in [3.63, 3.8) is 0 Å². The zero-order valence-electron chi connectivity index (χ0n) is 9.53. The molecule has 0 saturated heterocycles. The van der Waals surface area contributed by atoms with Gasteiger partial charge in [0.05, 0.1) is 11.5 Å². The second-order valence-electron chi connectivity index (χ2n) is 3.37. The number of carbonyl (C=O) groups excluding carboxylic acids is 1. The summed E-state index contributed by atoms with van der Waals surface area (Å²) < 4.78 is 4.64. The predicted molar refractivity (Wildman–Crippen MR) is 60.1 cm³/mol. The number of non-ortho nitro benzene ring substituents is 1. The van der Waals surface area contributed by atoms with E-state index in [9.17, 15) is 19.7 Å². The normalized spacial score (nSPS) is 11.6. The van der Waals surface area contributed by atoms with E-state index < -0.39 is 22.8 Å². The molecule has 1 aromatic rings. The number of hydrogen-bond donors (Lipinski definition) is 1. The lowest BCUT2D eigenvalue weighted by Crippen LogP contribution is -2.23. The van der Waals surface area contributed by atoms with Crippen molar-refractivity contribution in [3.8, 4) is 0 Å². The van der Waals surface area contributed by atoms with Gasteiger partial charge in [-0.3, -0.25) is 19.7 Å². The minimum atomic E-state index is -1.47. The van der Waals surface area contributed by atoms with Crippen molar-refractivity contribution in [2.24, 2.45) is 0 Å². The topological polar surface area (TPSA) is 107 Å². The van der Waals surface area contributed by atoms with Gasteiger partial charge in [0.25, 0.3) is 5.69 Å². The smallest absolute Gasteiger partial charge is 0.324 e. The van der Waals surface area contributed by atoms with E-state index >= 15 is 0 Å². The SMILES string of the molecule is CCOC(=O)C(C(=O)O)c1ccc([N+](=O)[O-])cc1. The number of carboxylic acid groups (broad SMARTS) is 1. The molecule has 1 unspecified atom stereocenters. The van der Waals surface area contributed by atoms with E-state index in [2.05, 4.69) is 4.74 Å². The zero-order valence-corrected chi connectivity index (χ0v) is 9.53. The van der Waals surface area contributed by atoms with Crippen LogP contribution in [0.1, 0.15) is 18.4 Å². The number of esters is 1. The highest BCUT2D eigenvalue weighted by Crippen LogP contribution is 2.21. The van der Waals surface area contributed by atoms with Crippen molar-refractivity contribution in [2.75, 3.05) is 6.61 Å². The summed E-state index contributed by atoms with van der Waals surface area (Å²) in [6.07, 6.45) is 0. The number of benzene rings is 1. The van der Waals surface area contributed by atoms with E-state index in [-0.39, 0.29) is 17.9 Å². The van der Waals surface area contributed by atoms with Crippen LogP contribution in [0, 0.1) is 10.1 Å². The van der Waals surface area contributed by atoms with Crippen LogP contribution in [-0.2, 0) is 14.3 Å². The van der Waals surface area contributed by atoms with Crippen LogP contribution in [0.2, 0.25) is 0 Å². The van der Waals surface area contributed by atoms with Crippen LogP contribution in [0.4, 0.5) is 5.69 Å². The molecule has 1 N–H and O–H groups in total. The van der Waals surface area contributed by atoms with Gasteiger partial charge in [0.1, 0.15) is 0 Å². The first-order valence-electron chi connectivity index (χ1n) is 5.11. The first-order chi connectivity index (χ1) is 8.47. The molecule has 0 fully saturated rings. The molecule has 0 aliphatic rings. The zero-order chi connectivity index (χ0) is 13.7. The second-order valence-corrected chi connectivity index (χ2v) is 3.37. The number of carboxylic acids is 1. The Morgan fingerprint density at radius 2 is 1.94 bits per heavy atom. The average molecular weight is 253 g/mol. The van der Waals surface area contributed by atoms with Crippen LogP contribution in [0.3, 0.4) is 0 Å². The van der Waals surface area contributed by atoms with E-state index in [1.165, 1.54) is 12.1 Å².